The van der Waals surface area contributed by atoms with E-state index in [1.165, 1.54) is 12.2 Å². The molecule has 2 rings (SSSR count). The highest BCUT2D eigenvalue weighted by Crippen LogP contribution is 2.36. The number of thioether (sulfide) groups is 1. The fourth-order valence-corrected chi connectivity index (χ4v) is 3.08. The summed E-state index contributed by atoms with van der Waals surface area (Å²) in [6.45, 7) is 0. The third kappa shape index (κ3) is 0.908. The van der Waals surface area contributed by atoms with Crippen molar-refractivity contribution in [2.45, 2.75) is 18.1 Å². The predicted octanol–water partition coefficient (Wildman–Crippen LogP) is 2.09. The summed E-state index contributed by atoms with van der Waals surface area (Å²) in [7, 11) is 0. The van der Waals surface area contributed by atoms with Crippen LogP contribution < -0.4 is 0 Å². The molecule has 0 aromatic rings. The van der Waals surface area contributed by atoms with Gasteiger partial charge in [0.15, 0.2) is 0 Å². The van der Waals surface area contributed by atoms with Gasteiger partial charge in [0.05, 0.1) is 0 Å². The zero-order valence-corrected chi connectivity index (χ0v) is 6.66. The maximum absolute atomic E-state index is 7.64. The predicted molar refractivity (Wildman–Crippen MR) is 45.8 cm³/mol. The van der Waals surface area contributed by atoms with Gasteiger partial charge in [-0.25, -0.2) is 0 Å². The molecule has 10 heavy (non-hydrogen) atoms. The van der Waals surface area contributed by atoms with Crippen molar-refractivity contribution < 1.29 is 0 Å². The largest absolute Gasteiger partial charge is 0.308 e. The Hall–Kier alpha value is -0.240. The minimum atomic E-state index is 0.546. The first kappa shape index (κ1) is 6.47. The summed E-state index contributed by atoms with van der Waals surface area (Å²) in [4.78, 5) is 0. The maximum Gasteiger partial charge on any atom is 0.0489 e. The zero-order valence-electron chi connectivity index (χ0n) is 5.84. The third-order valence-electron chi connectivity index (χ3n) is 2.20. The van der Waals surface area contributed by atoms with Crippen molar-refractivity contribution in [3.05, 3.63) is 12.2 Å². The van der Waals surface area contributed by atoms with Crippen LogP contribution in [0.15, 0.2) is 12.2 Å². The lowest BCUT2D eigenvalue weighted by molar-refractivity contribution is 0.687. The molecule has 2 aliphatic rings. The van der Waals surface area contributed by atoms with Crippen molar-refractivity contribution in [1.29, 1.82) is 5.41 Å². The molecule has 1 aliphatic heterocycles. The highest BCUT2D eigenvalue weighted by Gasteiger charge is 2.30. The van der Waals surface area contributed by atoms with Crippen molar-refractivity contribution in [2.75, 3.05) is 5.75 Å². The standard InChI is InChI=1S/C8H11NS/c9-7-3-1-2-6-4-5-10-8(6)7/h1-2,6,8-9H,3-5H2. The van der Waals surface area contributed by atoms with Crippen molar-refractivity contribution in [3.8, 4) is 0 Å². The number of nitrogens with one attached hydrogen (secondary N) is 1. The van der Waals surface area contributed by atoms with Gasteiger partial charge in [-0.3, -0.25) is 0 Å². The van der Waals surface area contributed by atoms with E-state index in [4.69, 9.17) is 5.41 Å². The Kier molecular flexibility index (Phi) is 1.57. The molecule has 1 N–H and O–H groups in total. The molecule has 0 radical (unpaired) electrons. The Morgan fingerprint density at radius 1 is 1.60 bits per heavy atom. The molecule has 1 nitrogen and oxygen atoms in total. The number of fused-ring (bicyclic) bond motifs is 1. The third-order valence-corrected chi connectivity index (χ3v) is 3.67. The molecular formula is C8H11NS. The molecule has 0 saturated carbocycles. The van der Waals surface area contributed by atoms with Crippen molar-refractivity contribution >= 4 is 17.5 Å². The van der Waals surface area contributed by atoms with Crippen LogP contribution in [0.4, 0.5) is 0 Å². The molecule has 1 saturated heterocycles. The molecule has 0 spiro atoms. The number of hydrogen-bond acceptors (Lipinski definition) is 2. The zero-order chi connectivity index (χ0) is 6.97. The average molecular weight is 153 g/mol. The number of rotatable bonds is 0. The lowest BCUT2D eigenvalue weighted by Gasteiger charge is -2.19. The van der Waals surface area contributed by atoms with Crippen LogP contribution >= 0.6 is 11.8 Å². The average Bonchev–Trinajstić information content (AvgIpc) is 2.36. The van der Waals surface area contributed by atoms with E-state index in [0.29, 0.717) is 11.2 Å². The first-order chi connectivity index (χ1) is 4.88. The van der Waals surface area contributed by atoms with Crippen LogP contribution in [0, 0.1) is 11.3 Å². The quantitative estimate of drug-likeness (QED) is 0.529. The van der Waals surface area contributed by atoms with Crippen LogP contribution in [0.3, 0.4) is 0 Å². The summed E-state index contributed by atoms with van der Waals surface area (Å²) < 4.78 is 0. The minimum absolute atomic E-state index is 0.546. The van der Waals surface area contributed by atoms with Gasteiger partial charge < -0.3 is 5.41 Å². The van der Waals surface area contributed by atoms with Crippen LogP contribution in [-0.2, 0) is 0 Å². The first-order valence-corrected chi connectivity index (χ1v) is 4.78. The molecule has 0 aromatic carbocycles. The van der Waals surface area contributed by atoms with Gasteiger partial charge in [0, 0.05) is 17.4 Å². The second-order valence-corrected chi connectivity index (χ2v) is 4.15. The summed E-state index contributed by atoms with van der Waals surface area (Å²) in [5, 5.41) is 8.19. The summed E-state index contributed by atoms with van der Waals surface area (Å²) >= 11 is 1.96. The summed E-state index contributed by atoms with van der Waals surface area (Å²) in [6, 6.07) is 0. The summed E-state index contributed by atoms with van der Waals surface area (Å²) in [6.07, 6.45) is 6.63. The van der Waals surface area contributed by atoms with E-state index in [1.54, 1.807) is 0 Å². The van der Waals surface area contributed by atoms with E-state index in [2.05, 4.69) is 12.2 Å². The smallest absolute Gasteiger partial charge is 0.0489 e. The van der Waals surface area contributed by atoms with Crippen molar-refractivity contribution in [3.63, 3.8) is 0 Å². The van der Waals surface area contributed by atoms with Gasteiger partial charge in [0.1, 0.15) is 0 Å². The fourth-order valence-electron chi connectivity index (χ4n) is 1.65. The monoisotopic (exact) mass is 153 g/mol. The Labute approximate surface area is 65.4 Å². The van der Waals surface area contributed by atoms with E-state index in [-0.39, 0.29) is 0 Å². The second kappa shape index (κ2) is 2.42. The van der Waals surface area contributed by atoms with Gasteiger partial charge in [-0.1, -0.05) is 12.2 Å². The molecule has 1 aliphatic carbocycles. The molecule has 2 unspecified atom stereocenters. The van der Waals surface area contributed by atoms with Crippen molar-refractivity contribution in [1.82, 2.24) is 0 Å². The van der Waals surface area contributed by atoms with Gasteiger partial charge in [-0.2, -0.15) is 11.8 Å². The van der Waals surface area contributed by atoms with Gasteiger partial charge in [-0.05, 0) is 18.1 Å². The maximum atomic E-state index is 7.64. The molecular weight excluding hydrogens is 142 g/mol. The van der Waals surface area contributed by atoms with E-state index >= 15 is 0 Å². The Morgan fingerprint density at radius 3 is 3.30 bits per heavy atom. The molecule has 54 valence electrons. The number of hydrogen-bond donors (Lipinski definition) is 1. The summed E-state index contributed by atoms with van der Waals surface area (Å²) in [5.74, 6) is 1.95. The van der Waals surface area contributed by atoms with Crippen LogP contribution in [0.2, 0.25) is 0 Å². The van der Waals surface area contributed by atoms with Gasteiger partial charge >= 0.3 is 0 Å². The lowest BCUT2D eigenvalue weighted by Crippen LogP contribution is -2.22. The van der Waals surface area contributed by atoms with E-state index < -0.39 is 0 Å². The lowest BCUT2D eigenvalue weighted by atomic mass is 9.92. The minimum Gasteiger partial charge on any atom is -0.308 e. The van der Waals surface area contributed by atoms with E-state index in [0.717, 1.165) is 12.1 Å². The fraction of sp³-hybridized carbons (Fsp3) is 0.625. The topological polar surface area (TPSA) is 23.9 Å². The highest BCUT2D eigenvalue weighted by molar-refractivity contribution is 8.00. The summed E-state index contributed by atoms with van der Waals surface area (Å²) in [5.41, 5.74) is 0.940. The van der Waals surface area contributed by atoms with E-state index in [9.17, 15) is 0 Å². The van der Waals surface area contributed by atoms with Gasteiger partial charge in [0.2, 0.25) is 0 Å². The van der Waals surface area contributed by atoms with Crippen molar-refractivity contribution in [2.24, 2.45) is 5.92 Å². The Balaban J connectivity index is 2.22. The van der Waals surface area contributed by atoms with Gasteiger partial charge in [0.25, 0.3) is 0 Å². The molecule has 1 heterocycles. The van der Waals surface area contributed by atoms with Crippen LogP contribution in [0.25, 0.3) is 0 Å². The molecule has 2 atom stereocenters. The SMILES string of the molecule is N=C1CC=CC2CCSC12. The molecule has 0 bridgehead atoms. The normalized spacial score (nSPS) is 38.2. The molecule has 0 aromatic heterocycles. The van der Waals surface area contributed by atoms with E-state index in [1.807, 2.05) is 11.8 Å². The molecule has 0 amide bonds. The Morgan fingerprint density at radius 2 is 2.50 bits per heavy atom. The van der Waals surface area contributed by atoms with Gasteiger partial charge in [-0.15, -0.1) is 0 Å². The molecule has 2 heteroatoms. The molecule has 1 fully saturated rings. The van der Waals surface area contributed by atoms with Crippen LogP contribution in [0.5, 0.6) is 0 Å². The second-order valence-electron chi connectivity index (χ2n) is 2.90. The highest BCUT2D eigenvalue weighted by atomic mass is 32.2. The van der Waals surface area contributed by atoms with Crippen LogP contribution in [-0.4, -0.2) is 16.7 Å². The number of allylic oxidation sites excluding steroid dienone is 2. The first-order valence-electron chi connectivity index (χ1n) is 3.73. The Bertz CT molecular complexity index is 186. The van der Waals surface area contributed by atoms with Crippen LogP contribution in [0.1, 0.15) is 12.8 Å².